The van der Waals surface area contributed by atoms with E-state index in [9.17, 15) is 19.2 Å². The SMILES string of the molecule is CN1CC(=O)N(CC(=O)NNC(=O)CC23CC4CC(CC(C4)C2)C3)C1=O. The molecule has 5 rings (SSSR count). The average Bonchev–Trinajstić information content (AvgIpc) is 2.77. The van der Waals surface area contributed by atoms with Crippen LogP contribution in [0.25, 0.3) is 0 Å². The molecule has 1 heterocycles. The van der Waals surface area contributed by atoms with E-state index >= 15 is 0 Å². The standard InChI is InChI=1S/C18H26N4O4/c1-21-10-16(25)22(17(21)26)9-15(24)20-19-14(23)8-18-5-11-2-12(6-18)4-13(3-11)7-18/h11-13H,2-10H2,1H3,(H,19,23)(H,20,24). The molecule has 0 aromatic heterocycles. The van der Waals surface area contributed by atoms with Crippen LogP contribution in [0.5, 0.6) is 0 Å². The van der Waals surface area contributed by atoms with Crippen LogP contribution in [0.2, 0.25) is 0 Å². The fourth-order valence-electron chi connectivity index (χ4n) is 6.04. The van der Waals surface area contributed by atoms with Crippen molar-refractivity contribution in [3.05, 3.63) is 0 Å². The summed E-state index contributed by atoms with van der Waals surface area (Å²) in [6.07, 6.45) is 7.80. The zero-order chi connectivity index (χ0) is 18.5. The summed E-state index contributed by atoms with van der Waals surface area (Å²) in [4.78, 5) is 49.9. The van der Waals surface area contributed by atoms with Gasteiger partial charge in [0.15, 0.2) is 0 Å². The minimum Gasteiger partial charge on any atom is -0.318 e. The molecule has 4 aliphatic carbocycles. The van der Waals surface area contributed by atoms with Crippen molar-refractivity contribution < 1.29 is 19.2 Å². The Morgan fingerprint density at radius 1 is 1.00 bits per heavy atom. The van der Waals surface area contributed by atoms with E-state index in [2.05, 4.69) is 10.9 Å². The average molecular weight is 362 g/mol. The molecule has 0 aromatic rings. The van der Waals surface area contributed by atoms with E-state index < -0.39 is 17.8 Å². The molecule has 4 saturated carbocycles. The van der Waals surface area contributed by atoms with Gasteiger partial charge >= 0.3 is 6.03 Å². The van der Waals surface area contributed by atoms with Gasteiger partial charge in [0.25, 0.3) is 11.8 Å². The van der Waals surface area contributed by atoms with E-state index in [1.54, 1.807) is 0 Å². The maximum Gasteiger partial charge on any atom is 0.327 e. The van der Waals surface area contributed by atoms with Crippen LogP contribution in [0.3, 0.4) is 0 Å². The Bertz CT molecular complexity index is 626. The summed E-state index contributed by atoms with van der Waals surface area (Å²) < 4.78 is 0. The third kappa shape index (κ3) is 3.17. The number of amides is 5. The quantitative estimate of drug-likeness (QED) is 0.566. The molecule has 5 amide bonds. The van der Waals surface area contributed by atoms with E-state index in [1.807, 2.05) is 0 Å². The predicted molar refractivity (Wildman–Crippen MR) is 91.2 cm³/mol. The molecule has 5 aliphatic rings. The second-order valence-corrected chi connectivity index (χ2v) is 8.81. The van der Waals surface area contributed by atoms with Gasteiger partial charge in [-0.1, -0.05) is 0 Å². The molecule has 8 nitrogen and oxygen atoms in total. The summed E-state index contributed by atoms with van der Waals surface area (Å²) in [7, 11) is 1.51. The number of nitrogens with one attached hydrogen (secondary N) is 2. The van der Waals surface area contributed by atoms with Crippen molar-refractivity contribution in [2.45, 2.75) is 44.9 Å². The highest BCUT2D eigenvalue weighted by atomic mass is 16.2. The number of urea groups is 1. The first-order valence-corrected chi connectivity index (χ1v) is 9.47. The Balaban J connectivity index is 1.26. The van der Waals surface area contributed by atoms with Crippen molar-refractivity contribution in [1.82, 2.24) is 20.7 Å². The number of carbonyl (C=O) groups excluding carboxylic acids is 4. The molecule has 1 aliphatic heterocycles. The molecule has 0 radical (unpaired) electrons. The number of hydrazine groups is 1. The van der Waals surface area contributed by atoms with Crippen LogP contribution in [0.1, 0.15) is 44.9 Å². The van der Waals surface area contributed by atoms with Gasteiger partial charge < -0.3 is 4.90 Å². The van der Waals surface area contributed by atoms with Gasteiger partial charge in [-0.15, -0.1) is 0 Å². The number of hydrogen-bond acceptors (Lipinski definition) is 4. The third-order valence-corrected chi connectivity index (χ3v) is 6.57. The van der Waals surface area contributed by atoms with Gasteiger partial charge in [-0.05, 0) is 61.7 Å². The molecule has 2 N–H and O–H groups in total. The first-order chi connectivity index (χ1) is 12.3. The minimum absolute atomic E-state index is 0.0233. The lowest BCUT2D eigenvalue weighted by atomic mass is 9.49. The van der Waals surface area contributed by atoms with Gasteiger partial charge in [-0.3, -0.25) is 30.1 Å². The topological polar surface area (TPSA) is 98.8 Å². The smallest absolute Gasteiger partial charge is 0.318 e. The summed E-state index contributed by atoms with van der Waals surface area (Å²) in [5.41, 5.74) is 4.92. The van der Waals surface area contributed by atoms with Gasteiger partial charge in [0.1, 0.15) is 13.1 Å². The third-order valence-electron chi connectivity index (χ3n) is 6.57. The molecule has 0 aromatic carbocycles. The zero-order valence-electron chi connectivity index (χ0n) is 15.1. The normalized spacial score (nSPS) is 35.2. The van der Waals surface area contributed by atoms with Crippen LogP contribution in [0, 0.1) is 23.2 Å². The Morgan fingerprint density at radius 3 is 2.04 bits per heavy atom. The van der Waals surface area contributed by atoms with Crippen LogP contribution < -0.4 is 10.9 Å². The Kier molecular flexibility index (Phi) is 4.16. The van der Waals surface area contributed by atoms with Crippen molar-refractivity contribution >= 4 is 23.8 Å². The van der Waals surface area contributed by atoms with Crippen LogP contribution in [0.4, 0.5) is 4.79 Å². The molecule has 0 spiro atoms. The molecule has 4 bridgehead atoms. The Morgan fingerprint density at radius 2 is 1.54 bits per heavy atom. The van der Waals surface area contributed by atoms with Gasteiger partial charge in [-0.2, -0.15) is 0 Å². The summed E-state index contributed by atoms with van der Waals surface area (Å²) in [5, 5.41) is 0. The highest BCUT2D eigenvalue weighted by Gasteiger charge is 2.51. The minimum atomic E-state index is -0.569. The predicted octanol–water partition coefficient (Wildman–Crippen LogP) is 0.634. The van der Waals surface area contributed by atoms with Gasteiger partial charge in [0, 0.05) is 13.5 Å². The lowest BCUT2D eigenvalue weighted by molar-refractivity contribution is -0.135. The summed E-state index contributed by atoms with van der Waals surface area (Å²) in [6.45, 7) is -0.399. The van der Waals surface area contributed by atoms with Crippen molar-refractivity contribution in [3.8, 4) is 0 Å². The largest absolute Gasteiger partial charge is 0.327 e. The van der Waals surface area contributed by atoms with Crippen LogP contribution >= 0.6 is 0 Å². The number of carbonyl (C=O) groups is 4. The zero-order valence-corrected chi connectivity index (χ0v) is 15.1. The molecule has 142 valence electrons. The molecular formula is C18H26N4O4. The van der Waals surface area contributed by atoms with Crippen molar-refractivity contribution in [3.63, 3.8) is 0 Å². The number of nitrogens with zero attached hydrogens (tertiary/aromatic N) is 2. The Labute approximate surface area is 152 Å². The number of likely N-dealkylation sites (N-methyl/N-ethyl adjacent to an activating group) is 1. The monoisotopic (exact) mass is 362 g/mol. The Hall–Kier alpha value is -2.12. The van der Waals surface area contributed by atoms with E-state index in [4.69, 9.17) is 0 Å². The highest BCUT2D eigenvalue weighted by Crippen LogP contribution is 2.61. The molecule has 8 heteroatoms. The molecule has 5 fully saturated rings. The first kappa shape index (κ1) is 17.3. The lowest BCUT2D eigenvalue weighted by Gasteiger charge is -2.56. The molecule has 0 atom stereocenters. The maximum absolute atomic E-state index is 12.4. The van der Waals surface area contributed by atoms with Crippen molar-refractivity contribution in [1.29, 1.82) is 0 Å². The fourth-order valence-corrected chi connectivity index (χ4v) is 6.04. The summed E-state index contributed by atoms with van der Waals surface area (Å²) in [5.74, 6) is 1.15. The van der Waals surface area contributed by atoms with Gasteiger partial charge in [0.2, 0.25) is 5.91 Å². The van der Waals surface area contributed by atoms with E-state index in [1.165, 1.54) is 31.2 Å². The summed E-state index contributed by atoms with van der Waals surface area (Å²) in [6, 6.07) is -0.495. The van der Waals surface area contributed by atoms with Crippen LogP contribution in [-0.4, -0.2) is 53.7 Å². The molecule has 0 unspecified atom stereocenters. The van der Waals surface area contributed by atoms with Gasteiger partial charge in [0.05, 0.1) is 0 Å². The second kappa shape index (κ2) is 6.25. The lowest BCUT2D eigenvalue weighted by Crippen LogP contribution is -2.51. The van der Waals surface area contributed by atoms with Crippen molar-refractivity contribution in [2.24, 2.45) is 23.2 Å². The second-order valence-electron chi connectivity index (χ2n) is 8.81. The van der Waals surface area contributed by atoms with Crippen LogP contribution in [0.15, 0.2) is 0 Å². The van der Waals surface area contributed by atoms with Gasteiger partial charge in [-0.25, -0.2) is 4.79 Å². The molecule has 1 saturated heterocycles. The number of imide groups is 1. The van der Waals surface area contributed by atoms with Crippen molar-refractivity contribution in [2.75, 3.05) is 20.1 Å². The van der Waals surface area contributed by atoms with E-state index in [-0.39, 0.29) is 24.4 Å². The fraction of sp³-hybridized carbons (Fsp3) is 0.778. The summed E-state index contributed by atoms with van der Waals surface area (Å²) >= 11 is 0. The maximum atomic E-state index is 12.4. The van der Waals surface area contributed by atoms with Crippen LogP contribution in [-0.2, 0) is 14.4 Å². The first-order valence-electron chi connectivity index (χ1n) is 9.47. The van der Waals surface area contributed by atoms with E-state index in [0.29, 0.717) is 6.42 Å². The molecule has 26 heavy (non-hydrogen) atoms. The number of rotatable bonds is 4. The number of hydrogen-bond donors (Lipinski definition) is 2. The highest BCUT2D eigenvalue weighted by molar-refractivity contribution is 6.04. The van der Waals surface area contributed by atoms with E-state index in [0.717, 1.165) is 41.9 Å². The molecular weight excluding hydrogens is 336 g/mol.